The van der Waals surface area contributed by atoms with Gasteiger partial charge in [-0.3, -0.25) is 0 Å². The van der Waals surface area contributed by atoms with Crippen molar-refractivity contribution in [3.05, 3.63) is 66.2 Å². The molecule has 0 radical (unpaired) electrons. The van der Waals surface area contributed by atoms with Gasteiger partial charge in [0.1, 0.15) is 18.5 Å². The van der Waals surface area contributed by atoms with Crippen molar-refractivity contribution in [1.82, 2.24) is 10.3 Å². The summed E-state index contributed by atoms with van der Waals surface area (Å²) in [6.07, 6.45) is 0.215. The number of aliphatic hydroxyl groups excluding tert-OH is 1. The zero-order chi connectivity index (χ0) is 21.6. The molecule has 1 heterocycles. The van der Waals surface area contributed by atoms with E-state index < -0.39 is 6.10 Å². The van der Waals surface area contributed by atoms with Crippen LogP contribution >= 0.6 is 0 Å². The van der Waals surface area contributed by atoms with Crippen LogP contribution in [0.2, 0.25) is 0 Å². The molecule has 0 bridgehead atoms. The predicted octanol–water partition coefficient (Wildman–Crippen LogP) is 3.91. The number of methoxy groups -OCH3 is 2. The second kappa shape index (κ2) is 9.73. The molecule has 6 heteroatoms. The number of H-pyrrole nitrogens is 1. The van der Waals surface area contributed by atoms with Crippen LogP contribution in [-0.4, -0.2) is 50.1 Å². The molecule has 0 aliphatic carbocycles. The summed E-state index contributed by atoms with van der Waals surface area (Å²) < 4.78 is 16.5. The molecular formula is C25H28N2O4. The van der Waals surface area contributed by atoms with Crippen LogP contribution in [0, 0.1) is 0 Å². The van der Waals surface area contributed by atoms with Gasteiger partial charge >= 0.3 is 0 Å². The highest BCUT2D eigenvalue weighted by Crippen LogP contribution is 2.31. The highest BCUT2D eigenvalue weighted by Gasteiger charge is 2.11. The summed E-state index contributed by atoms with van der Waals surface area (Å²) in [5, 5.41) is 15.9. The highest BCUT2D eigenvalue weighted by atomic mass is 16.5. The van der Waals surface area contributed by atoms with Gasteiger partial charge in [-0.2, -0.15) is 0 Å². The first-order valence-electron chi connectivity index (χ1n) is 10.4. The van der Waals surface area contributed by atoms with Gasteiger partial charge in [0.05, 0.1) is 19.7 Å². The van der Waals surface area contributed by atoms with Crippen LogP contribution in [0.5, 0.6) is 17.2 Å². The van der Waals surface area contributed by atoms with E-state index in [-0.39, 0.29) is 6.61 Å². The molecule has 1 atom stereocenters. The number of aromatic amines is 1. The third kappa shape index (κ3) is 4.76. The Hall–Kier alpha value is -3.22. The number of benzene rings is 3. The number of aromatic nitrogens is 1. The number of hydrogen-bond donors (Lipinski definition) is 3. The topological polar surface area (TPSA) is 75.7 Å². The Bertz CT molecular complexity index is 1150. The maximum Gasteiger partial charge on any atom is 0.160 e. The molecule has 4 aromatic rings. The number of ether oxygens (including phenoxy) is 3. The van der Waals surface area contributed by atoms with Crippen LogP contribution in [-0.2, 0) is 6.42 Å². The van der Waals surface area contributed by atoms with Gasteiger partial charge in [0.25, 0.3) is 0 Å². The Labute approximate surface area is 181 Å². The summed E-state index contributed by atoms with van der Waals surface area (Å²) in [7, 11) is 3.26. The number of hydrogen-bond acceptors (Lipinski definition) is 5. The summed E-state index contributed by atoms with van der Waals surface area (Å²) >= 11 is 0. The van der Waals surface area contributed by atoms with Crippen molar-refractivity contribution in [1.29, 1.82) is 0 Å². The number of aliphatic hydroxyl groups is 1. The zero-order valence-electron chi connectivity index (χ0n) is 17.9. The van der Waals surface area contributed by atoms with Crippen molar-refractivity contribution in [2.24, 2.45) is 0 Å². The van der Waals surface area contributed by atoms with E-state index in [2.05, 4.69) is 28.5 Å². The van der Waals surface area contributed by atoms with Crippen molar-refractivity contribution in [3.8, 4) is 17.2 Å². The van der Waals surface area contributed by atoms with Crippen molar-refractivity contribution in [2.75, 3.05) is 33.9 Å². The lowest BCUT2D eigenvalue weighted by Gasteiger charge is -2.14. The fourth-order valence-electron chi connectivity index (χ4n) is 3.75. The molecule has 3 aromatic carbocycles. The summed E-state index contributed by atoms with van der Waals surface area (Å²) in [4.78, 5) is 3.42. The van der Waals surface area contributed by atoms with Gasteiger partial charge in [0, 0.05) is 22.8 Å². The SMILES string of the molecule is COc1ccc(CCNCC(O)COc2cccc3c2[nH]c2ccccc23)cc1OC. The van der Waals surface area contributed by atoms with E-state index in [9.17, 15) is 5.11 Å². The fraction of sp³-hybridized carbons (Fsp3) is 0.280. The molecule has 0 aliphatic rings. The molecule has 0 saturated heterocycles. The second-order valence-corrected chi connectivity index (χ2v) is 7.46. The molecule has 1 aromatic heterocycles. The highest BCUT2D eigenvalue weighted by molar-refractivity contribution is 6.09. The lowest BCUT2D eigenvalue weighted by molar-refractivity contribution is 0.107. The van der Waals surface area contributed by atoms with Crippen molar-refractivity contribution < 1.29 is 19.3 Å². The minimum absolute atomic E-state index is 0.220. The van der Waals surface area contributed by atoms with Crippen LogP contribution in [0.3, 0.4) is 0 Å². The maximum absolute atomic E-state index is 10.3. The molecule has 0 amide bonds. The van der Waals surface area contributed by atoms with Gasteiger partial charge in [-0.25, -0.2) is 0 Å². The van der Waals surface area contributed by atoms with E-state index in [1.165, 1.54) is 5.39 Å². The molecule has 0 spiro atoms. The minimum Gasteiger partial charge on any atom is -0.493 e. The summed E-state index contributed by atoms with van der Waals surface area (Å²) in [5.74, 6) is 2.19. The maximum atomic E-state index is 10.3. The number of fused-ring (bicyclic) bond motifs is 3. The van der Waals surface area contributed by atoms with Gasteiger partial charge in [-0.15, -0.1) is 0 Å². The number of para-hydroxylation sites is 2. The quantitative estimate of drug-likeness (QED) is 0.339. The number of rotatable bonds is 10. The van der Waals surface area contributed by atoms with Crippen LogP contribution in [0.15, 0.2) is 60.7 Å². The van der Waals surface area contributed by atoms with Gasteiger partial charge in [-0.05, 0) is 42.8 Å². The Kier molecular flexibility index (Phi) is 6.60. The Morgan fingerprint density at radius 2 is 1.71 bits per heavy atom. The minimum atomic E-state index is -0.606. The van der Waals surface area contributed by atoms with E-state index in [1.54, 1.807) is 14.2 Å². The lowest BCUT2D eigenvalue weighted by Crippen LogP contribution is -2.32. The zero-order valence-corrected chi connectivity index (χ0v) is 17.9. The molecule has 31 heavy (non-hydrogen) atoms. The first kappa shape index (κ1) is 21.0. The average Bonchev–Trinajstić information content (AvgIpc) is 3.19. The first-order chi connectivity index (χ1) is 15.2. The predicted molar refractivity (Wildman–Crippen MR) is 123 cm³/mol. The first-order valence-corrected chi connectivity index (χ1v) is 10.4. The van der Waals surface area contributed by atoms with Gasteiger partial charge in [0.2, 0.25) is 0 Å². The largest absolute Gasteiger partial charge is 0.493 e. The lowest BCUT2D eigenvalue weighted by atomic mass is 10.1. The van der Waals surface area contributed by atoms with E-state index in [1.807, 2.05) is 42.5 Å². The van der Waals surface area contributed by atoms with E-state index in [0.29, 0.717) is 6.54 Å². The molecule has 162 valence electrons. The molecule has 0 saturated carbocycles. The standard InChI is InChI=1S/C25H28N2O4/c1-29-22-11-10-17(14-24(22)30-2)12-13-26-15-18(28)16-31-23-9-5-7-20-19-6-3-4-8-21(19)27-25(20)23/h3-11,14,18,26-28H,12-13,15-16H2,1-2H3. The Balaban J connectivity index is 1.28. The summed E-state index contributed by atoms with van der Waals surface area (Å²) in [5.41, 5.74) is 3.17. The third-order valence-corrected chi connectivity index (χ3v) is 5.35. The molecule has 0 fully saturated rings. The van der Waals surface area contributed by atoms with E-state index in [0.717, 1.165) is 52.2 Å². The van der Waals surface area contributed by atoms with Crippen LogP contribution in [0.25, 0.3) is 21.8 Å². The van der Waals surface area contributed by atoms with Crippen LogP contribution in [0.1, 0.15) is 5.56 Å². The normalized spacial score (nSPS) is 12.2. The van der Waals surface area contributed by atoms with Crippen LogP contribution < -0.4 is 19.5 Å². The van der Waals surface area contributed by atoms with Crippen molar-refractivity contribution in [2.45, 2.75) is 12.5 Å². The fourth-order valence-corrected chi connectivity index (χ4v) is 3.75. The molecule has 0 aliphatic heterocycles. The van der Waals surface area contributed by atoms with Gasteiger partial charge in [-0.1, -0.05) is 36.4 Å². The van der Waals surface area contributed by atoms with Gasteiger partial charge < -0.3 is 29.6 Å². The number of nitrogens with one attached hydrogen (secondary N) is 2. The summed E-state index contributed by atoms with van der Waals surface area (Å²) in [6, 6.07) is 20.1. The van der Waals surface area contributed by atoms with Crippen molar-refractivity contribution in [3.63, 3.8) is 0 Å². The monoisotopic (exact) mass is 420 g/mol. The Morgan fingerprint density at radius 1 is 0.903 bits per heavy atom. The van der Waals surface area contributed by atoms with Gasteiger partial charge in [0.15, 0.2) is 11.5 Å². The second-order valence-electron chi connectivity index (χ2n) is 7.46. The van der Waals surface area contributed by atoms with Crippen molar-refractivity contribution >= 4 is 21.8 Å². The molecule has 1 unspecified atom stereocenters. The molecule has 6 nitrogen and oxygen atoms in total. The molecular weight excluding hydrogens is 392 g/mol. The molecule has 4 rings (SSSR count). The molecule has 3 N–H and O–H groups in total. The van der Waals surface area contributed by atoms with E-state index in [4.69, 9.17) is 14.2 Å². The van der Waals surface area contributed by atoms with E-state index >= 15 is 0 Å². The Morgan fingerprint density at radius 3 is 2.55 bits per heavy atom. The summed E-state index contributed by atoms with van der Waals surface area (Å²) in [6.45, 7) is 1.41. The van der Waals surface area contributed by atoms with Crippen LogP contribution in [0.4, 0.5) is 0 Å². The average molecular weight is 421 g/mol. The third-order valence-electron chi connectivity index (χ3n) is 5.35. The smallest absolute Gasteiger partial charge is 0.160 e.